The fraction of sp³-hybridized carbons (Fsp3) is 0.600. The highest BCUT2D eigenvalue weighted by molar-refractivity contribution is 5.38. The Kier molecular flexibility index (Phi) is 3.19. The van der Waals surface area contributed by atoms with Gasteiger partial charge in [-0.2, -0.15) is 18.3 Å². The number of nitrogens with one attached hydrogen (secondary N) is 1. The minimum absolute atomic E-state index is 0.124. The van der Waals surface area contributed by atoms with Crippen LogP contribution in [0, 0.1) is 6.92 Å². The SMILES string of the molecule is Cc1ccc(N2CCN[C@H](C(F)(F)F)C2)nn1. The molecule has 7 heteroatoms. The minimum atomic E-state index is -4.23. The molecule has 1 aromatic heterocycles. The lowest BCUT2D eigenvalue weighted by Gasteiger charge is -2.35. The number of hydrogen-bond donors (Lipinski definition) is 1. The van der Waals surface area contributed by atoms with Gasteiger partial charge >= 0.3 is 6.18 Å². The van der Waals surface area contributed by atoms with Gasteiger partial charge in [0.1, 0.15) is 6.04 Å². The molecule has 17 heavy (non-hydrogen) atoms. The van der Waals surface area contributed by atoms with E-state index in [-0.39, 0.29) is 6.54 Å². The number of rotatable bonds is 1. The molecule has 0 aromatic carbocycles. The third kappa shape index (κ3) is 2.85. The molecule has 2 heterocycles. The van der Waals surface area contributed by atoms with Crippen molar-refractivity contribution in [3.63, 3.8) is 0 Å². The lowest BCUT2D eigenvalue weighted by Crippen LogP contribution is -2.57. The summed E-state index contributed by atoms with van der Waals surface area (Å²) in [7, 11) is 0. The van der Waals surface area contributed by atoms with E-state index in [1.165, 1.54) is 0 Å². The van der Waals surface area contributed by atoms with Crippen LogP contribution in [0.3, 0.4) is 0 Å². The number of piperazine rings is 1. The molecule has 2 rings (SSSR count). The van der Waals surface area contributed by atoms with Crippen LogP contribution in [-0.2, 0) is 0 Å². The average molecular weight is 246 g/mol. The molecule has 94 valence electrons. The van der Waals surface area contributed by atoms with Gasteiger partial charge in [0.15, 0.2) is 5.82 Å². The number of aryl methyl sites for hydroxylation is 1. The molecule has 1 saturated heterocycles. The second-order valence-electron chi connectivity index (χ2n) is 4.03. The Morgan fingerprint density at radius 2 is 2.12 bits per heavy atom. The van der Waals surface area contributed by atoms with Crippen LogP contribution in [-0.4, -0.2) is 42.0 Å². The zero-order valence-corrected chi connectivity index (χ0v) is 9.33. The van der Waals surface area contributed by atoms with Gasteiger partial charge in [0.25, 0.3) is 0 Å². The van der Waals surface area contributed by atoms with Crippen LogP contribution in [0.5, 0.6) is 0 Å². The second-order valence-corrected chi connectivity index (χ2v) is 4.03. The summed E-state index contributed by atoms with van der Waals surface area (Å²) in [6.07, 6.45) is -4.23. The molecule has 1 atom stereocenters. The molecule has 1 N–H and O–H groups in total. The molecule has 0 radical (unpaired) electrons. The minimum Gasteiger partial charge on any atom is -0.352 e. The van der Waals surface area contributed by atoms with Crippen molar-refractivity contribution >= 4 is 5.82 Å². The number of nitrogens with zero attached hydrogens (tertiary/aromatic N) is 3. The van der Waals surface area contributed by atoms with Crippen LogP contribution in [0.1, 0.15) is 5.69 Å². The predicted molar refractivity (Wildman–Crippen MR) is 56.8 cm³/mol. The van der Waals surface area contributed by atoms with Gasteiger partial charge in [-0.3, -0.25) is 0 Å². The quantitative estimate of drug-likeness (QED) is 0.806. The van der Waals surface area contributed by atoms with Gasteiger partial charge in [-0.25, -0.2) is 0 Å². The van der Waals surface area contributed by atoms with Crippen molar-refractivity contribution in [3.05, 3.63) is 17.8 Å². The summed E-state index contributed by atoms with van der Waals surface area (Å²) in [4.78, 5) is 1.60. The summed E-state index contributed by atoms with van der Waals surface area (Å²) in [5.41, 5.74) is 0.747. The van der Waals surface area contributed by atoms with Gasteiger partial charge in [-0.15, -0.1) is 5.10 Å². The maximum Gasteiger partial charge on any atom is 0.405 e. The van der Waals surface area contributed by atoms with Gasteiger partial charge in [0, 0.05) is 19.6 Å². The molecule has 1 aliphatic heterocycles. The van der Waals surface area contributed by atoms with Gasteiger partial charge in [0.2, 0.25) is 0 Å². The van der Waals surface area contributed by atoms with E-state index in [4.69, 9.17) is 0 Å². The Morgan fingerprint density at radius 1 is 1.35 bits per heavy atom. The average Bonchev–Trinajstić information content (AvgIpc) is 2.29. The van der Waals surface area contributed by atoms with E-state index in [1.807, 2.05) is 0 Å². The first kappa shape index (κ1) is 12.1. The lowest BCUT2D eigenvalue weighted by molar-refractivity contribution is -0.155. The summed E-state index contributed by atoms with van der Waals surface area (Å²) < 4.78 is 37.7. The van der Waals surface area contributed by atoms with Crippen molar-refractivity contribution < 1.29 is 13.2 Å². The Hall–Kier alpha value is -1.37. The van der Waals surface area contributed by atoms with E-state index < -0.39 is 12.2 Å². The van der Waals surface area contributed by atoms with Gasteiger partial charge in [0.05, 0.1) is 5.69 Å². The number of anilines is 1. The molecule has 0 aliphatic carbocycles. The fourth-order valence-electron chi connectivity index (χ4n) is 1.74. The summed E-state index contributed by atoms with van der Waals surface area (Å²) in [6.45, 7) is 2.46. The summed E-state index contributed by atoms with van der Waals surface area (Å²) in [5, 5.41) is 10.2. The Labute approximate surface area is 96.8 Å². The molecule has 4 nitrogen and oxygen atoms in total. The van der Waals surface area contributed by atoms with Gasteiger partial charge in [-0.05, 0) is 19.1 Å². The third-order valence-electron chi connectivity index (χ3n) is 2.68. The molecule has 1 fully saturated rings. The van der Waals surface area contributed by atoms with Crippen molar-refractivity contribution in [3.8, 4) is 0 Å². The Morgan fingerprint density at radius 3 is 2.71 bits per heavy atom. The topological polar surface area (TPSA) is 41.0 Å². The molecule has 0 saturated carbocycles. The Balaban J connectivity index is 2.09. The fourth-order valence-corrected chi connectivity index (χ4v) is 1.74. The van der Waals surface area contributed by atoms with Crippen molar-refractivity contribution in [2.45, 2.75) is 19.1 Å². The first-order chi connectivity index (χ1) is 7.97. The second kappa shape index (κ2) is 4.48. The molecular weight excluding hydrogens is 233 g/mol. The first-order valence-electron chi connectivity index (χ1n) is 5.32. The highest BCUT2D eigenvalue weighted by Gasteiger charge is 2.42. The number of halogens is 3. The van der Waals surface area contributed by atoms with E-state index in [2.05, 4.69) is 15.5 Å². The van der Waals surface area contributed by atoms with E-state index in [9.17, 15) is 13.2 Å². The van der Waals surface area contributed by atoms with Crippen molar-refractivity contribution in [2.75, 3.05) is 24.5 Å². The zero-order valence-electron chi connectivity index (χ0n) is 9.33. The van der Waals surface area contributed by atoms with E-state index in [0.29, 0.717) is 18.9 Å². The molecule has 1 aromatic rings. The van der Waals surface area contributed by atoms with E-state index in [1.54, 1.807) is 24.0 Å². The first-order valence-corrected chi connectivity index (χ1v) is 5.32. The Bertz CT molecular complexity index is 376. The van der Waals surface area contributed by atoms with Gasteiger partial charge in [-0.1, -0.05) is 0 Å². The lowest BCUT2D eigenvalue weighted by atomic mass is 10.2. The predicted octanol–water partition coefficient (Wildman–Crippen LogP) is 1.13. The number of aromatic nitrogens is 2. The smallest absolute Gasteiger partial charge is 0.352 e. The maximum absolute atomic E-state index is 12.6. The van der Waals surface area contributed by atoms with Crippen LogP contribution in [0.4, 0.5) is 19.0 Å². The standard InChI is InChI=1S/C10H13F3N4/c1-7-2-3-9(16-15-7)17-5-4-14-8(6-17)10(11,12)13/h2-3,8,14H,4-6H2,1H3/t8-/m0/s1. The monoisotopic (exact) mass is 246 g/mol. The van der Waals surface area contributed by atoms with Gasteiger partial charge < -0.3 is 10.2 Å². The van der Waals surface area contributed by atoms with Crippen LogP contribution in [0.15, 0.2) is 12.1 Å². The summed E-state index contributed by atoms with van der Waals surface area (Å²) in [6, 6.07) is 1.94. The highest BCUT2D eigenvalue weighted by atomic mass is 19.4. The summed E-state index contributed by atoms with van der Waals surface area (Å²) in [5.74, 6) is 0.492. The van der Waals surface area contributed by atoms with Crippen molar-refractivity contribution in [1.82, 2.24) is 15.5 Å². The molecule has 0 amide bonds. The number of alkyl halides is 3. The van der Waals surface area contributed by atoms with E-state index >= 15 is 0 Å². The van der Waals surface area contributed by atoms with Crippen LogP contribution >= 0.6 is 0 Å². The van der Waals surface area contributed by atoms with Crippen LogP contribution < -0.4 is 10.2 Å². The number of hydrogen-bond acceptors (Lipinski definition) is 4. The van der Waals surface area contributed by atoms with Crippen molar-refractivity contribution in [1.29, 1.82) is 0 Å². The normalized spacial score (nSPS) is 21.6. The molecular formula is C10H13F3N4. The van der Waals surface area contributed by atoms with E-state index in [0.717, 1.165) is 5.69 Å². The molecule has 0 spiro atoms. The third-order valence-corrected chi connectivity index (χ3v) is 2.68. The molecule has 0 bridgehead atoms. The maximum atomic E-state index is 12.6. The highest BCUT2D eigenvalue weighted by Crippen LogP contribution is 2.24. The van der Waals surface area contributed by atoms with Crippen LogP contribution in [0.25, 0.3) is 0 Å². The zero-order chi connectivity index (χ0) is 12.5. The summed E-state index contributed by atoms with van der Waals surface area (Å²) >= 11 is 0. The largest absolute Gasteiger partial charge is 0.405 e. The van der Waals surface area contributed by atoms with Crippen molar-refractivity contribution in [2.24, 2.45) is 0 Å². The molecule has 0 unspecified atom stereocenters. The molecule has 1 aliphatic rings. The van der Waals surface area contributed by atoms with Crippen LogP contribution in [0.2, 0.25) is 0 Å².